The van der Waals surface area contributed by atoms with Gasteiger partial charge in [0.05, 0.1) is 7.11 Å². The fourth-order valence-corrected chi connectivity index (χ4v) is 2.37. The summed E-state index contributed by atoms with van der Waals surface area (Å²) in [4.78, 5) is 4.54. The molecule has 0 aliphatic carbocycles. The number of nitrogens with zero attached hydrogens (tertiary/aromatic N) is 2. The molecule has 0 bridgehead atoms. The van der Waals surface area contributed by atoms with E-state index in [1.807, 2.05) is 29.7 Å². The summed E-state index contributed by atoms with van der Waals surface area (Å²) in [5.74, 6) is 2.22. The van der Waals surface area contributed by atoms with Crippen LogP contribution < -0.4 is 10.5 Å². The molecule has 0 aliphatic rings. The van der Waals surface area contributed by atoms with E-state index in [2.05, 4.69) is 27.5 Å². The lowest BCUT2D eigenvalue weighted by Gasteiger charge is -2.08. The molecule has 0 atom stereocenters. The minimum Gasteiger partial charge on any atom is -0.496 e. The number of hydrogen-bond donors (Lipinski definition) is 1. The molecule has 5 heteroatoms. The van der Waals surface area contributed by atoms with Crippen LogP contribution in [-0.2, 0) is 6.54 Å². The molecule has 100 valence electrons. The lowest BCUT2D eigenvalue weighted by Crippen LogP contribution is -2.03. The van der Waals surface area contributed by atoms with Crippen LogP contribution in [0.5, 0.6) is 5.75 Å². The number of hydrogen-bond acceptors (Lipinski definition) is 3. The van der Waals surface area contributed by atoms with Crippen molar-refractivity contribution in [3.05, 3.63) is 41.2 Å². The first-order valence-corrected chi connectivity index (χ1v) is 6.65. The molecule has 0 saturated carbocycles. The largest absolute Gasteiger partial charge is 0.496 e. The van der Waals surface area contributed by atoms with Gasteiger partial charge in [0.2, 0.25) is 0 Å². The quantitative estimate of drug-likeness (QED) is 0.878. The zero-order valence-electron chi connectivity index (χ0n) is 11.0. The van der Waals surface area contributed by atoms with Crippen LogP contribution in [0, 0.1) is 6.92 Å². The van der Waals surface area contributed by atoms with Crippen molar-refractivity contribution < 1.29 is 4.74 Å². The second-order valence-electron chi connectivity index (χ2n) is 4.14. The third-order valence-electron chi connectivity index (χ3n) is 2.93. The molecule has 1 aromatic heterocycles. The highest BCUT2D eigenvalue weighted by Crippen LogP contribution is 2.35. The van der Waals surface area contributed by atoms with E-state index >= 15 is 0 Å². The van der Waals surface area contributed by atoms with Crippen LogP contribution >= 0.6 is 15.9 Å². The molecule has 0 saturated heterocycles. The Morgan fingerprint density at radius 3 is 2.89 bits per heavy atom. The number of imidazole rings is 1. The van der Waals surface area contributed by atoms with Crippen LogP contribution in [0.25, 0.3) is 11.3 Å². The molecule has 2 rings (SSSR count). The molecule has 2 aromatic rings. The maximum Gasteiger partial charge on any atom is 0.132 e. The molecule has 0 unspecified atom stereocenters. The third-order valence-corrected chi connectivity index (χ3v) is 3.42. The van der Waals surface area contributed by atoms with Gasteiger partial charge in [-0.3, -0.25) is 0 Å². The summed E-state index contributed by atoms with van der Waals surface area (Å²) in [6.45, 7) is 6.30. The van der Waals surface area contributed by atoms with E-state index in [9.17, 15) is 0 Å². The zero-order chi connectivity index (χ0) is 14.0. The van der Waals surface area contributed by atoms with E-state index in [1.165, 1.54) is 0 Å². The number of nitrogens with two attached hydrogens (primary N) is 1. The average molecular weight is 322 g/mol. The number of methoxy groups -OCH3 is 1. The van der Waals surface area contributed by atoms with Crippen LogP contribution in [0.1, 0.15) is 5.82 Å². The summed E-state index contributed by atoms with van der Waals surface area (Å²) < 4.78 is 8.25. The molecule has 2 N–H and O–H groups in total. The number of allylic oxidation sites excluding steroid dienone is 1. The van der Waals surface area contributed by atoms with E-state index < -0.39 is 0 Å². The topological polar surface area (TPSA) is 53.1 Å². The second-order valence-corrected chi connectivity index (χ2v) is 5.05. The predicted octanol–water partition coefficient (Wildman–Crippen LogP) is 3.40. The standard InChI is InChI=1S/C14H16BrN3O/c1-4-7-18-9(2)17-13(14(18)16)11-8-10(15)5-6-12(11)19-3/h4-6,8H,1,7,16H2,2-3H3. The van der Waals surface area contributed by atoms with E-state index in [4.69, 9.17) is 10.5 Å². The van der Waals surface area contributed by atoms with Crippen LogP contribution in [-0.4, -0.2) is 16.7 Å². The number of nitrogen functional groups attached to an aromatic ring is 1. The molecular formula is C14H16BrN3O. The first-order chi connectivity index (χ1) is 9.08. The van der Waals surface area contributed by atoms with Gasteiger partial charge >= 0.3 is 0 Å². The van der Waals surface area contributed by atoms with Crippen LogP contribution in [0.3, 0.4) is 0 Å². The molecular weight excluding hydrogens is 306 g/mol. The maximum absolute atomic E-state index is 6.18. The SMILES string of the molecule is C=CCn1c(C)nc(-c2cc(Br)ccc2OC)c1N. The maximum atomic E-state index is 6.18. The van der Waals surface area contributed by atoms with Crippen molar-refractivity contribution >= 4 is 21.7 Å². The Morgan fingerprint density at radius 2 is 2.26 bits per heavy atom. The average Bonchev–Trinajstić information content (AvgIpc) is 2.67. The van der Waals surface area contributed by atoms with Gasteiger partial charge in [0.25, 0.3) is 0 Å². The lowest BCUT2D eigenvalue weighted by molar-refractivity contribution is 0.416. The summed E-state index contributed by atoms with van der Waals surface area (Å²) in [5.41, 5.74) is 7.79. The molecule has 0 fully saturated rings. The van der Waals surface area contributed by atoms with Crippen molar-refractivity contribution in [3.63, 3.8) is 0 Å². The Hall–Kier alpha value is -1.75. The molecule has 19 heavy (non-hydrogen) atoms. The number of rotatable bonds is 4. The summed E-state index contributed by atoms with van der Waals surface area (Å²) in [7, 11) is 1.64. The molecule has 0 aliphatic heterocycles. The van der Waals surface area contributed by atoms with Crippen molar-refractivity contribution in [1.82, 2.24) is 9.55 Å². The Labute approximate surface area is 121 Å². The van der Waals surface area contributed by atoms with Gasteiger partial charge in [-0.1, -0.05) is 22.0 Å². The van der Waals surface area contributed by atoms with Crippen LogP contribution in [0.2, 0.25) is 0 Å². The lowest BCUT2D eigenvalue weighted by atomic mass is 10.1. The molecule has 0 spiro atoms. The molecule has 1 heterocycles. The van der Waals surface area contributed by atoms with Gasteiger partial charge in [0.15, 0.2) is 0 Å². The van der Waals surface area contributed by atoms with Gasteiger partial charge in [0.1, 0.15) is 23.1 Å². The Morgan fingerprint density at radius 1 is 1.53 bits per heavy atom. The minimum atomic E-state index is 0.619. The van der Waals surface area contributed by atoms with Crippen molar-refractivity contribution in [2.75, 3.05) is 12.8 Å². The van der Waals surface area contributed by atoms with Crippen molar-refractivity contribution in [3.8, 4) is 17.0 Å². The highest BCUT2D eigenvalue weighted by molar-refractivity contribution is 9.10. The number of ether oxygens (including phenoxy) is 1. The minimum absolute atomic E-state index is 0.619. The fraction of sp³-hybridized carbons (Fsp3) is 0.214. The van der Waals surface area contributed by atoms with E-state index in [-0.39, 0.29) is 0 Å². The summed E-state index contributed by atoms with van der Waals surface area (Å²) >= 11 is 3.46. The van der Waals surface area contributed by atoms with Crippen molar-refractivity contribution in [1.29, 1.82) is 0 Å². The first-order valence-electron chi connectivity index (χ1n) is 5.86. The zero-order valence-corrected chi connectivity index (χ0v) is 12.6. The van der Waals surface area contributed by atoms with Gasteiger partial charge in [-0.15, -0.1) is 6.58 Å². The Kier molecular flexibility index (Phi) is 3.95. The van der Waals surface area contributed by atoms with E-state index in [0.717, 1.165) is 27.3 Å². The smallest absolute Gasteiger partial charge is 0.132 e. The first kappa shape index (κ1) is 13.7. The third kappa shape index (κ3) is 2.51. The fourth-order valence-electron chi connectivity index (χ4n) is 2.00. The summed E-state index contributed by atoms with van der Waals surface area (Å²) in [5, 5.41) is 0. The number of aryl methyl sites for hydroxylation is 1. The number of anilines is 1. The van der Waals surface area contributed by atoms with Gasteiger partial charge in [-0.25, -0.2) is 4.98 Å². The highest BCUT2D eigenvalue weighted by atomic mass is 79.9. The van der Waals surface area contributed by atoms with Crippen molar-refractivity contribution in [2.24, 2.45) is 0 Å². The van der Waals surface area contributed by atoms with Crippen LogP contribution in [0.15, 0.2) is 35.3 Å². The summed E-state index contributed by atoms with van der Waals surface area (Å²) in [6, 6.07) is 5.77. The van der Waals surface area contributed by atoms with Crippen LogP contribution in [0.4, 0.5) is 5.82 Å². The van der Waals surface area contributed by atoms with E-state index in [0.29, 0.717) is 12.4 Å². The second kappa shape index (κ2) is 5.48. The summed E-state index contributed by atoms with van der Waals surface area (Å²) in [6.07, 6.45) is 1.80. The molecule has 0 radical (unpaired) electrons. The molecule has 4 nitrogen and oxygen atoms in total. The molecule has 0 amide bonds. The van der Waals surface area contributed by atoms with E-state index in [1.54, 1.807) is 13.2 Å². The van der Waals surface area contributed by atoms with Crippen molar-refractivity contribution in [2.45, 2.75) is 13.5 Å². The predicted molar refractivity (Wildman–Crippen MR) is 81.3 cm³/mol. The number of halogens is 1. The molecule has 1 aromatic carbocycles. The number of benzene rings is 1. The number of aromatic nitrogens is 2. The normalized spacial score (nSPS) is 10.5. The highest BCUT2D eigenvalue weighted by Gasteiger charge is 2.16. The Bertz CT molecular complexity index is 619. The monoisotopic (exact) mass is 321 g/mol. The van der Waals surface area contributed by atoms with Gasteiger partial charge in [-0.2, -0.15) is 0 Å². The van der Waals surface area contributed by atoms with Gasteiger partial charge in [0, 0.05) is 16.6 Å². The Balaban J connectivity index is 2.62. The van der Waals surface area contributed by atoms with Gasteiger partial charge in [-0.05, 0) is 25.1 Å². The van der Waals surface area contributed by atoms with Gasteiger partial charge < -0.3 is 15.0 Å².